The molecule has 0 unspecified atom stereocenters. The Morgan fingerprint density at radius 1 is 1.50 bits per heavy atom. The largest absolute Gasteiger partial charge is 0.485 e. The van der Waals surface area contributed by atoms with Crippen LogP contribution in [-0.4, -0.2) is 21.2 Å². The third-order valence-electron chi connectivity index (χ3n) is 2.45. The highest BCUT2D eigenvalue weighted by Crippen LogP contribution is 2.25. The molecule has 8 nitrogen and oxygen atoms in total. The fourth-order valence-corrected chi connectivity index (χ4v) is 1.56. The summed E-state index contributed by atoms with van der Waals surface area (Å²) in [5.41, 5.74) is 0.0754. The number of rotatable bonds is 5. The fourth-order valence-electron chi connectivity index (χ4n) is 1.56. The van der Waals surface area contributed by atoms with E-state index in [-0.39, 0.29) is 23.6 Å². The topological polar surface area (TPSA) is 116 Å². The van der Waals surface area contributed by atoms with Crippen LogP contribution >= 0.6 is 0 Å². The van der Waals surface area contributed by atoms with Gasteiger partial charge in [-0.05, 0) is 13.0 Å². The Kier molecular flexibility index (Phi) is 3.65. The predicted octanol–water partition coefficient (Wildman–Crippen LogP) is 2.17. The van der Waals surface area contributed by atoms with Crippen LogP contribution in [0, 0.1) is 17.0 Å². The van der Waals surface area contributed by atoms with Crippen LogP contribution in [0.3, 0.4) is 0 Å². The molecule has 2 aromatic rings. The molecule has 0 saturated carbocycles. The van der Waals surface area contributed by atoms with E-state index in [0.29, 0.717) is 11.5 Å². The highest BCUT2D eigenvalue weighted by Gasteiger charge is 2.17. The van der Waals surface area contributed by atoms with E-state index < -0.39 is 10.9 Å². The Morgan fingerprint density at radius 3 is 2.80 bits per heavy atom. The number of aromatic nitrogens is 1. The number of carbonyl (C=O) groups is 1. The molecule has 8 heteroatoms. The van der Waals surface area contributed by atoms with E-state index in [1.165, 1.54) is 12.1 Å². The van der Waals surface area contributed by atoms with Gasteiger partial charge in [0.25, 0.3) is 5.69 Å². The SMILES string of the molecule is Cc1cc(COc2ccc([N+](=O)[O-])cc2C(=O)O)on1. The van der Waals surface area contributed by atoms with E-state index in [4.69, 9.17) is 14.4 Å². The summed E-state index contributed by atoms with van der Waals surface area (Å²) in [7, 11) is 0. The van der Waals surface area contributed by atoms with Crippen molar-refractivity contribution >= 4 is 11.7 Å². The van der Waals surface area contributed by atoms with E-state index in [1.54, 1.807) is 13.0 Å². The molecule has 0 spiro atoms. The van der Waals surface area contributed by atoms with Crippen molar-refractivity contribution in [3.63, 3.8) is 0 Å². The average Bonchev–Trinajstić information content (AvgIpc) is 2.81. The highest BCUT2D eigenvalue weighted by atomic mass is 16.6. The number of aromatic carboxylic acids is 1. The smallest absolute Gasteiger partial charge is 0.339 e. The second-order valence-corrected chi connectivity index (χ2v) is 3.97. The van der Waals surface area contributed by atoms with Crippen LogP contribution in [0.15, 0.2) is 28.8 Å². The quantitative estimate of drug-likeness (QED) is 0.658. The number of benzene rings is 1. The molecular weight excluding hydrogens is 268 g/mol. The molecule has 1 N–H and O–H groups in total. The van der Waals surface area contributed by atoms with Crippen molar-refractivity contribution in [1.82, 2.24) is 5.16 Å². The van der Waals surface area contributed by atoms with Crippen LogP contribution in [0.2, 0.25) is 0 Å². The molecule has 0 aliphatic carbocycles. The Morgan fingerprint density at radius 2 is 2.25 bits per heavy atom. The Labute approximate surface area is 112 Å². The van der Waals surface area contributed by atoms with Crippen molar-refractivity contribution in [3.05, 3.63) is 51.4 Å². The van der Waals surface area contributed by atoms with E-state index in [9.17, 15) is 14.9 Å². The molecule has 2 rings (SSSR count). The van der Waals surface area contributed by atoms with Gasteiger partial charge in [0.1, 0.15) is 17.9 Å². The third-order valence-corrected chi connectivity index (χ3v) is 2.45. The standard InChI is InChI=1S/C12H10N2O6/c1-7-4-9(20-13-7)6-19-11-3-2-8(14(17)18)5-10(11)12(15)16/h2-5H,6H2,1H3,(H,15,16). The zero-order valence-corrected chi connectivity index (χ0v) is 10.4. The molecule has 0 atom stereocenters. The molecule has 0 amide bonds. The average molecular weight is 278 g/mol. The van der Waals surface area contributed by atoms with Crippen LogP contribution in [0.1, 0.15) is 21.8 Å². The Bertz CT molecular complexity index is 664. The summed E-state index contributed by atoms with van der Waals surface area (Å²) in [6.45, 7) is 1.72. The minimum absolute atomic E-state index is 0.0149. The normalized spacial score (nSPS) is 10.2. The number of nitro benzene ring substituents is 1. The summed E-state index contributed by atoms with van der Waals surface area (Å²) < 4.78 is 10.2. The number of hydrogen-bond acceptors (Lipinski definition) is 6. The van der Waals surface area contributed by atoms with Crippen LogP contribution in [0.25, 0.3) is 0 Å². The van der Waals surface area contributed by atoms with Crippen molar-refractivity contribution in [2.45, 2.75) is 13.5 Å². The predicted molar refractivity (Wildman–Crippen MR) is 65.6 cm³/mol. The lowest BCUT2D eigenvalue weighted by Crippen LogP contribution is -2.04. The second-order valence-electron chi connectivity index (χ2n) is 3.97. The van der Waals surface area contributed by atoms with E-state index in [2.05, 4.69) is 5.16 Å². The maximum Gasteiger partial charge on any atom is 0.339 e. The zero-order chi connectivity index (χ0) is 14.7. The minimum Gasteiger partial charge on any atom is -0.485 e. The van der Waals surface area contributed by atoms with Gasteiger partial charge in [0, 0.05) is 18.2 Å². The molecule has 0 aliphatic heterocycles. The van der Waals surface area contributed by atoms with Gasteiger partial charge in [0.15, 0.2) is 5.76 Å². The van der Waals surface area contributed by atoms with Crippen LogP contribution in [0.5, 0.6) is 5.75 Å². The van der Waals surface area contributed by atoms with Crippen LogP contribution in [0.4, 0.5) is 5.69 Å². The molecule has 0 aliphatic rings. The van der Waals surface area contributed by atoms with Gasteiger partial charge in [-0.3, -0.25) is 10.1 Å². The van der Waals surface area contributed by atoms with E-state index >= 15 is 0 Å². The number of nitrogens with zero attached hydrogens (tertiary/aromatic N) is 2. The van der Waals surface area contributed by atoms with Crippen molar-refractivity contribution in [3.8, 4) is 5.75 Å². The van der Waals surface area contributed by atoms with Crippen molar-refractivity contribution in [1.29, 1.82) is 0 Å². The molecule has 20 heavy (non-hydrogen) atoms. The molecule has 1 aromatic heterocycles. The van der Waals surface area contributed by atoms with Gasteiger partial charge in [-0.15, -0.1) is 0 Å². The number of non-ortho nitro benzene ring substituents is 1. The molecule has 104 valence electrons. The first kappa shape index (κ1) is 13.5. The number of aryl methyl sites for hydroxylation is 1. The lowest BCUT2D eigenvalue weighted by atomic mass is 10.2. The number of carboxylic acid groups (broad SMARTS) is 1. The fraction of sp³-hybridized carbons (Fsp3) is 0.167. The maximum atomic E-state index is 11.1. The molecular formula is C12H10N2O6. The summed E-state index contributed by atoms with van der Waals surface area (Å²) in [4.78, 5) is 21.0. The number of carboxylic acids is 1. The lowest BCUT2D eigenvalue weighted by Gasteiger charge is -2.07. The first-order valence-electron chi connectivity index (χ1n) is 5.54. The maximum absolute atomic E-state index is 11.1. The molecule has 0 saturated heterocycles. The molecule has 1 heterocycles. The highest BCUT2D eigenvalue weighted by molar-refractivity contribution is 5.91. The van der Waals surface area contributed by atoms with Gasteiger partial charge in [0.05, 0.1) is 10.6 Å². The minimum atomic E-state index is -1.31. The zero-order valence-electron chi connectivity index (χ0n) is 10.4. The van der Waals surface area contributed by atoms with Gasteiger partial charge in [0.2, 0.25) is 0 Å². The van der Waals surface area contributed by atoms with Gasteiger partial charge in [-0.1, -0.05) is 5.16 Å². The van der Waals surface area contributed by atoms with Crippen LogP contribution in [-0.2, 0) is 6.61 Å². The van der Waals surface area contributed by atoms with Crippen molar-refractivity contribution in [2.24, 2.45) is 0 Å². The van der Waals surface area contributed by atoms with Crippen molar-refractivity contribution in [2.75, 3.05) is 0 Å². The Hall–Kier alpha value is -2.90. The van der Waals surface area contributed by atoms with Gasteiger partial charge >= 0.3 is 5.97 Å². The first-order chi connectivity index (χ1) is 9.47. The molecule has 0 fully saturated rings. The van der Waals surface area contributed by atoms with Crippen molar-refractivity contribution < 1.29 is 24.1 Å². The summed E-state index contributed by atoms with van der Waals surface area (Å²) in [5, 5.41) is 23.3. The number of ether oxygens (including phenoxy) is 1. The molecule has 1 aromatic carbocycles. The second kappa shape index (κ2) is 5.39. The summed E-state index contributed by atoms with van der Waals surface area (Å²) >= 11 is 0. The Balaban J connectivity index is 2.22. The lowest BCUT2D eigenvalue weighted by molar-refractivity contribution is -0.384. The summed E-state index contributed by atoms with van der Waals surface area (Å²) in [5.74, 6) is -0.855. The van der Waals surface area contributed by atoms with E-state index in [1.807, 2.05) is 0 Å². The van der Waals surface area contributed by atoms with Gasteiger partial charge in [-0.25, -0.2) is 4.79 Å². The third kappa shape index (κ3) is 2.91. The molecule has 0 bridgehead atoms. The monoisotopic (exact) mass is 278 g/mol. The summed E-state index contributed by atoms with van der Waals surface area (Å²) in [6.07, 6.45) is 0. The number of hydrogen-bond donors (Lipinski definition) is 1. The van der Waals surface area contributed by atoms with Gasteiger partial charge in [-0.2, -0.15) is 0 Å². The van der Waals surface area contributed by atoms with Crippen LogP contribution < -0.4 is 4.74 Å². The first-order valence-corrected chi connectivity index (χ1v) is 5.54. The molecule has 0 radical (unpaired) electrons. The summed E-state index contributed by atoms with van der Waals surface area (Å²) in [6, 6.07) is 5.01. The van der Waals surface area contributed by atoms with Gasteiger partial charge < -0.3 is 14.4 Å². The van der Waals surface area contributed by atoms with E-state index in [0.717, 1.165) is 6.07 Å². The number of nitro groups is 1.